The summed E-state index contributed by atoms with van der Waals surface area (Å²) in [6.07, 6.45) is 1.30. The number of ether oxygens (including phenoxy) is 2. The number of hydrogen-bond donors (Lipinski definition) is 1. The Morgan fingerprint density at radius 2 is 1.68 bits per heavy atom. The molecule has 28 heavy (non-hydrogen) atoms. The third-order valence-electron chi connectivity index (χ3n) is 3.97. The molecule has 1 aliphatic rings. The van der Waals surface area contributed by atoms with Crippen LogP contribution in [0.3, 0.4) is 0 Å². The zero-order chi connectivity index (χ0) is 19.5. The summed E-state index contributed by atoms with van der Waals surface area (Å²) in [6, 6.07) is 14.9. The Morgan fingerprint density at radius 3 is 2.32 bits per heavy atom. The number of carbonyl (C=O) groups excluding carboxylic acids is 1. The molecule has 0 radical (unpaired) electrons. The summed E-state index contributed by atoms with van der Waals surface area (Å²) in [6.45, 7) is 0.744. The van der Waals surface area contributed by atoms with Gasteiger partial charge in [-0.1, -0.05) is 70.9 Å². The van der Waals surface area contributed by atoms with Crippen LogP contribution in [0.4, 0.5) is 5.13 Å². The Morgan fingerprint density at radius 1 is 1.00 bits per heavy atom. The predicted molar refractivity (Wildman–Crippen MR) is 112 cm³/mol. The Balaban J connectivity index is 1.76. The van der Waals surface area contributed by atoms with Crippen LogP contribution in [0.5, 0.6) is 0 Å². The molecule has 142 valence electrons. The van der Waals surface area contributed by atoms with Gasteiger partial charge in [0, 0.05) is 16.1 Å². The van der Waals surface area contributed by atoms with Crippen LogP contribution in [0.25, 0.3) is 21.7 Å². The second-order valence-electron chi connectivity index (χ2n) is 5.81. The van der Waals surface area contributed by atoms with Crippen molar-refractivity contribution in [3.05, 3.63) is 70.6 Å². The maximum atomic E-state index is 12.4. The SMILES string of the molecule is O=C(Nc1nc(-c2ccccc2Cl)c(-c2ccccc2Cl)s1)C1=COCCO1. The van der Waals surface area contributed by atoms with Gasteiger partial charge in [-0.2, -0.15) is 0 Å². The van der Waals surface area contributed by atoms with Gasteiger partial charge in [-0.25, -0.2) is 4.98 Å². The van der Waals surface area contributed by atoms with Crippen molar-refractivity contribution < 1.29 is 14.3 Å². The first kappa shape index (κ1) is 18.8. The van der Waals surface area contributed by atoms with Gasteiger partial charge in [0.05, 0.1) is 15.6 Å². The molecule has 0 unspecified atom stereocenters. The van der Waals surface area contributed by atoms with Gasteiger partial charge in [0.2, 0.25) is 5.76 Å². The second kappa shape index (κ2) is 8.22. The highest BCUT2D eigenvalue weighted by Crippen LogP contribution is 2.43. The second-order valence-corrected chi connectivity index (χ2v) is 7.63. The van der Waals surface area contributed by atoms with Crippen molar-refractivity contribution in [2.45, 2.75) is 0 Å². The van der Waals surface area contributed by atoms with E-state index in [4.69, 9.17) is 32.7 Å². The van der Waals surface area contributed by atoms with Crippen molar-refractivity contribution in [3.8, 4) is 21.7 Å². The molecule has 0 saturated carbocycles. The molecule has 5 nitrogen and oxygen atoms in total. The Labute approximate surface area is 175 Å². The molecule has 3 aromatic rings. The molecule has 0 aliphatic carbocycles. The molecular weight excluding hydrogens is 419 g/mol. The monoisotopic (exact) mass is 432 g/mol. The van der Waals surface area contributed by atoms with Crippen LogP contribution in [0.15, 0.2) is 60.6 Å². The summed E-state index contributed by atoms with van der Waals surface area (Å²) < 4.78 is 10.5. The van der Waals surface area contributed by atoms with Gasteiger partial charge in [-0.3, -0.25) is 10.1 Å². The maximum absolute atomic E-state index is 12.4. The van der Waals surface area contributed by atoms with Crippen molar-refractivity contribution in [2.75, 3.05) is 18.5 Å². The van der Waals surface area contributed by atoms with Crippen molar-refractivity contribution >= 4 is 45.6 Å². The highest BCUT2D eigenvalue weighted by molar-refractivity contribution is 7.19. The van der Waals surface area contributed by atoms with E-state index in [1.54, 1.807) is 6.07 Å². The van der Waals surface area contributed by atoms with E-state index in [0.717, 1.165) is 16.0 Å². The van der Waals surface area contributed by atoms with Gasteiger partial charge >= 0.3 is 0 Å². The first-order valence-corrected chi connectivity index (χ1v) is 9.97. The number of amides is 1. The lowest BCUT2D eigenvalue weighted by Gasteiger charge is -2.14. The average molecular weight is 433 g/mol. The number of nitrogens with zero attached hydrogens (tertiary/aromatic N) is 1. The van der Waals surface area contributed by atoms with Crippen molar-refractivity contribution in [1.82, 2.24) is 4.98 Å². The number of nitrogens with one attached hydrogen (secondary N) is 1. The number of halogens is 2. The van der Waals surface area contributed by atoms with Gasteiger partial charge in [0.25, 0.3) is 5.91 Å². The molecule has 0 fully saturated rings. The van der Waals surface area contributed by atoms with E-state index in [9.17, 15) is 4.79 Å². The molecule has 0 saturated heterocycles. The van der Waals surface area contributed by atoms with Crippen LogP contribution >= 0.6 is 34.5 Å². The van der Waals surface area contributed by atoms with Gasteiger partial charge in [-0.15, -0.1) is 0 Å². The zero-order valence-corrected chi connectivity index (χ0v) is 16.8. The van der Waals surface area contributed by atoms with Crippen LogP contribution in [0.1, 0.15) is 0 Å². The Hall–Kier alpha value is -2.54. The number of carbonyl (C=O) groups is 1. The van der Waals surface area contributed by atoms with Crippen LogP contribution in [0.2, 0.25) is 10.0 Å². The van der Waals surface area contributed by atoms with Gasteiger partial charge in [0.15, 0.2) is 5.13 Å². The number of benzene rings is 2. The summed E-state index contributed by atoms with van der Waals surface area (Å²) in [7, 11) is 0. The van der Waals surface area contributed by atoms with E-state index in [0.29, 0.717) is 34.1 Å². The highest BCUT2D eigenvalue weighted by atomic mass is 35.5. The quantitative estimate of drug-likeness (QED) is 0.581. The van der Waals surface area contributed by atoms with Gasteiger partial charge < -0.3 is 9.47 Å². The van der Waals surface area contributed by atoms with E-state index in [2.05, 4.69) is 10.3 Å². The minimum absolute atomic E-state index is 0.111. The summed E-state index contributed by atoms with van der Waals surface area (Å²) in [5.74, 6) is -0.315. The van der Waals surface area contributed by atoms with Crippen molar-refractivity contribution in [3.63, 3.8) is 0 Å². The van der Waals surface area contributed by atoms with Crippen LogP contribution in [-0.4, -0.2) is 24.1 Å². The average Bonchev–Trinajstić information content (AvgIpc) is 3.12. The summed E-state index contributed by atoms with van der Waals surface area (Å²) in [5.41, 5.74) is 2.22. The van der Waals surface area contributed by atoms with Crippen LogP contribution < -0.4 is 5.32 Å². The topological polar surface area (TPSA) is 60.5 Å². The van der Waals surface area contributed by atoms with Crippen LogP contribution in [0, 0.1) is 0 Å². The van der Waals surface area contributed by atoms with Crippen molar-refractivity contribution in [2.24, 2.45) is 0 Å². The standard InChI is InChI=1S/C20H14Cl2N2O3S/c21-14-7-3-1-5-12(14)17-18(13-6-2-4-8-15(13)22)28-20(23-17)24-19(25)16-11-26-9-10-27-16/h1-8,11H,9-10H2,(H,23,24,25). The molecule has 2 heterocycles. The predicted octanol–water partition coefficient (Wildman–Crippen LogP) is 5.61. The first-order chi connectivity index (χ1) is 13.6. The normalized spacial score (nSPS) is 13.3. The van der Waals surface area contributed by atoms with Crippen molar-refractivity contribution in [1.29, 1.82) is 0 Å². The van der Waals surface area contributed by atoms with Crippen LogP contribution in [-0.2, 0) is 14.3 Å². The molecule has 2 aromatic carbocycles. The lowest BCUT2D eigenvalue weighted by atomic mass is 10.1. The van der Waals surface area contributed by atoms with E-state index in [1.807, 2.05) is 42.5 Å². The Kier molecular flexibility index (Phi) is 5.52. The minimum Gasteiger partial charge on any atom is -0.494 e. The third kappa shape index (κ3) is 3.85. The molecule has 0 bridgehead atoms. The first-order valence-electron chi connectivity index (χ1n) is 8.40. The number of anilines is 1. The highest BCUT2D eigenvalue weighted by Gasteiger charge is 2.22. The molecule has 1 N–H and O–H groups in total. The van der Waals surface area contributed by atoms with Gasteiger partial charge in [0.1, 0.15) is 19.5 Å². The fraction of sp³-hybridized carbons (Fsp3) is 0.100. The third-order valence-corrected chi connectivity index (χ3v) is 5.63. The molecule has 1 aliphatic heterocycles. The van der Waals surface area contributed by atoms with E-state index < -0.39 is 5.91 Å². The molecular formula is C20H14Cl2N2O3S. The maximum Gasteiger partial charge on any atom is 0.295 e. The number of rotatable bonds is 4. The molecule has 4 rings (SSSR count). The van der Waals surface area contributed by atoms with E-state index >= 15 is 0 Å². The minimum atomic E-state index is -0.426. The summed E-state index contributed by atoms with van der Waals surface area (Å²) in [5, 5.41) is 4.32. The lowest BCUT2D eigenvalue weighted by molar-refractivity contribution is -0.117. The van der Waals surface area contributed by atoms with Gasteiger partial charge in [-0.05, 0) is 12.1 Å². The molecule has 1 amide bonds. The lowest BCUT2D eigenvalue weighted by Crippen LogP contribution is -2.21. The molecule has 8 heteroatoms. The number of thiazole rings is 1. The molecule has 0 atom stereocenters. The summed E-state index contributed by atoms with van der Waals surface area (Å²) in [4.78, 5) is 17.8. The smallest absolute Gasteiger partial charge is 0.295 e. The fourth-order valence-electron chi connectivity index (χ4n) is 2.68. The fourth-order valence-corrected chi connectivity index (χ4v) is 4.21. The zero-order valence-electron chi connectivity index (χ0n) is 14.4. The number of hydrogen-bond acceptors (Lipinski definition) is 5. The molecule has 0 spiro atoms. The number of aromatic nitrogens is 1. The van der Waals surface area contributed by atoms with E-state index in [-0.39, 0.29) is 5.76 Å². The molecule has 1 aromatic heterocycles. The Bertz CT molecular complexity index is 1000. The summed E-state index contributed by atoms with van der Waals surface area (Å²) >= 11 is 14.1. The van der Waals surface area contributed by atoms with E-state index in [1.165, 1.54) is 17.6 Å². The largest absolute Gasteiger partial charge is 0.494 e.